The quantitative estimate of drug-likeness (QED) is 0.413. The number of phosphoric acid groups is 1. The van der Waals surface area contributed by atoms with E-state index in [1.807, 2.05) is 0 Å². The van der Waals surface area contributed by atoms with Gasteiger partial charge in [-0.3, -0.25) is 9.32 Å². The molecule has 1 aliphatic heterocycles. The molecular formula is C20H32NO5P. The van der Waals surface area contributed by atoms with Gasteiger partial charge in [0.05, 0.1) is 0 Å². The van der Waals surface area contributed by atoms with Crippen molar-refractivity contribution < 1.29 is 23.7 Å². The van der Waals surface area contributed by atoms with Crippen molar-refractivity contribution in [2.75, 3.05) is 13.1 Å². The summed E-state index contributed by atoms with van der Waals surface area (Å²) >= 11 is 0. The molecule has 0 spiro atoms. The second kappa shape index (κ2) is 11.0. The second-order valence-corrected chi connectivity index (χ2v) is 8.50. The lowest BCUT2D eigenvalue weighted by atomic mass is 10.0. The molecule has 1 saturated heterocycles. The highest BCUT2D eigenvalue weighted by Crippen LogP contribution is 2.39. The fraction of sp³-hybridized carbons (Fsp3) is 0.650. The molecule has 7 heteroatoms. The van der Waals surface area contributed by atoms with Gasteiger partial charge in [0.15, 0.2) is 0 Å². The number of unbranched alkanes of at least 4 members (excludes halogenated alkanes) is 5. The number of carbonyl (C=O) groups excluding carboxylic acids is 1. The summed E-state index contributed by atoms with van der Waals surface area (Å²) in [5, 5.41) is 0. The third kappa shape index (κ3) is 8.56. The fourth-order valence-electron chi connectivity index (χ4n) is 3.31. The fourth-order valence-corrected chi connectivity index (χ4v) is 3.84. The van der Waals surface area contributed by atoms with Crippen LogP contribution in [0.15, 0.2) is 24.3 Å². The lowest BCUT2D eigenvalue weighted by molar-refractivity contribution is -0.140. The van der Waals surface area contributed by atoms with Gasteiger partial charge in [-0.25, -0.2) is 4.57 Å². The zero-order valence-electron chi connectivity index (χ0n) is 16.2. The van der Waals surface area contributed by atoms with Gasteiger partial charge in [-0.05, 0) is 36.8 Å². The van der Waals surface area contributed by atoms with Crippen molar-refractivity contribution in [3.8, 4) is 0 Å². The number of aryl methyl sites for hydroxylation is 2. The predicted octanol–water partition coefficient (Wildman–Crippen LogP) is 3.84. The Labute approximate surface area is 162 Å². The van der Waals surface area contributed by atoms with Crippen LogP contribution in [0.2, 0.25) is 0 Å². The summed E-state index contributed by atoms with van der Waals surface area (Å²) in [5.41, 5.74) is 2.80. The number of benzene rings is 1. The maximum atomic E-state index is 12.0. The lowest BCUT2D eigenvalue weighted by Gasteiger charge is -2.38. The molecule has 1 aliphatic rings. The molecule has 0 bridgehead atoms. The van der Waals surface area contributed by atoms with Crippen LogP contribution in [-0.4, -0.2) is 39.8 Å². The summed E-state index contributed by atoms with van der Waals surface area (Å²) in [4.78, 5) is 31.0. The zero-order valence-corrected chi connectivity index (χ0v) is 17.1. The molecule has 1 aromatic rings. The monoisotopic (exact) mass is 397 g/mol. The van der Waals surface area contributed by atoms with Crippen molar-refractivity contribution in [3.63, 3.8) is 0 Å². The van der Waals surface area contributed by atoms with Gasteiger partial charge in [-0.2, -0.15) is 0 Å². The van der Waals surface area contributed by atoms with Crippen molar-refractivity contribution in [1.29, 1.82) is 0 Å². The minimum absolute atomic E-state index is 0.0519. The average Bonchev–Trinajstić information content (AvgIpc) is 2.59. The number of likely N-dealkylation sites (tertiary alicyclic amines) is 1. The SMILES string of the molecule is CCc1ccc(CCCCCCCCC(=O)N2CC(OP(=O)(O)O)C2)cc1. The normalized spacial score (nSPS) is 15.0. The number of nitrogens with zero attached hydrogens (tertiary/aromatic N) is 1. The van der Waals surface area contributed by atoms with Gasteiger partial charge in [0, 0.05) is 19.5 Å². The van der Waals surface area contributed by atoms with Gasteiger partial charge >= 0.3 is 7.82 Å². The molecule has 1 amide bonds. The van der Waals surface area contributed by atoms with E-state index in [4.69, 9.17) is 9.79 Å². The third-order valence-corrected chi connectivity index (χ3v) is 5.60. The van der Waals surface area contributed by atoms with Crippen molar-refractivity contribution in [3.05, 3.63) is 35.4 Å². The first-order valence-electron chi connectivity index (χ1n) is 9.97. The van der Waals surface area contributed by atoms with Crippen LogP contribution in [0.25, 0.3) is 0 Å². The van der Waals surface area contributed by atoms with E-state index in [0.29, 0.717) is 6.42 Å². The molecule has 2 rings (SSSR count). The summed E-state index contributed by atoms with van der Waals surface area (Å²) in [7, 11) is -4.45. The Kier molecular flexibility index (Phi) is 8.97. The van der Waals surface area contributed by atoms with Gasteiger partial charge in [0.2, 0.25) is 5.91 Å². The molecule has 0 aliphatic carbocycles. The van der Waals surface area contributed by atoms with E-state index in [0.717, 1.165) is 32.1 Å². The average molecular weight is 397 g/mol. The smallest absolute Gasteiger partial charge is 0.337 e. The Morgan fingerprint density at radius 3 is 2.19 bits per heavy atom. The second-order valence-electron chi connectivity index (χ2n) is 7.31. The first-order chi connectivity index (χ1) is 12.9. The Morgan fingerprint density at radius 1 is 1.04 bits per heavy atom. The van der Waals surface area contributed by atoms with Gasteiger partial charge in [0.1, 0.15) is 6.10 Å². The van der Waals surface area contributed by atoms with Gasteiger partial charge < -0.3 is 14.7 Å². The summed E-state index contributed by atoms with van der Waals surface area (Å²) in [6, 6.07) is 8.89. The highest BCUT2D eigenvalue weighted by molar-refractivity contribution is 7.46. The minimum atomic E-state index is -4.45. The Hall–Kier alpha value is -1.20. The standard InChI is InChI=1S/C20H32NO5P/c1-2-17-11-13-18(14-12-17)9-7-5-3-4-6-8-10-20(22)21-15-19(16-21)26-27(23,24)25/h11-14,19H,2-10,15-16H2,1H3,(H2,23,24,25). The van der Waals surface area contributed by atoms with E-state index in [1.54, 1.807) is 4.90 Å². The largest absolute Gasteiger partial charge is 0.469 e. The molecule has 2 N–H and O–H groups in total. The van der Waals surface area contributed by atoms with Crippen LogP contribution in [0.1, 0.15) is 63.0 Å². The van der Waals surface area contributed by atoms with Crippen molar-refractivity contribution >= 4 is 13.7 Å². The molecule has 1 aromatic carbocycles. The summed E-state index contributed by atoms with van der Waals surface area (Å²) in [5.74, 6) is 0.0519. The number of hydrogen-bond acceptors (Lipinski definition) is 3. The molecule has 0 radical (unpaired) electrons. The predicted molar refractivity (Wildman–Crippen MR) is 105 cm³/mol. The zero-order chi connectivity index (χ0) is 19.7. The molecule has 0 unspecified atom stereocenters. The first kappa shape index (κ1) is 22.1. The molecule has 0 saturated carbocycles. The Morgan fingerprint density at radius 2 is 1.59 bits per heavy atom. The van der Waals surface area contributed by atoms with Crippen LogP contribution < -0.4 is 0 Å². The molecule has 152 valence electrons. The Bertz CT molecular complexity index is 622. The lowest BCUT2D eigenvalue weighted by Crippen LogP contribution is -2.54. The third-order valence-electron chi connectivity index (χ3n) is 5.02. The van der Waals surface area contributed by atoms with Crippen LogP contribution in [-0.2, 0) is 26.7 Å². The number of hydrogen-bond donors (Lipinski definition) is 2. The van der Waals surface area contributed by atoms with Crippen LogP contribution in [0, 0.1) is 0 Å². The number of amides is 1. The topological polar surface area (TPSA) is 87.1 Å². The van der Waals surface area contributed by atoms with Crippen LogP contribution >= 0.6 is 7.82 Å². The van der Waals surface area contributed by atoms with Crippen LogP contribution in [0.4, 0.5) is 0 Å². The van der Waals surface area contributed by atoms with Crippen molar-refractivity contribution in [1.82, 2.24) is 4.90 Å². The van der Waals surface area contributed by atoms with E-state index in [2.05, 4.69) is 35.7 Å². The highest BCUT2D eigenvalue weighted by Gasteiger charge is 2.35. The van der Waals surface area contributed by atoms with E-state index in [9.17, 15) is 9.36 Å². The molecule has 0 aromatic heterocycles. The van der Waals surface area contributed by atoms with Crippen molar-refractivity contribution in [2.45, 2.75) is 70.8 Å². The molecule has 27 heavy (non-hydrogen) atoms. The first-order valence-corrected chi connectivity index (χ1v) is 11.5. The van der Waals surface area contributed by atoms with Crippen LogP contribution in [0.3, 0.4) is 0 Å². The number of carbonyl (C=O) groups is 1. The molecule has 1 fully saturated rings. The van der Waals surface area contributed by atoms with Crippen LogP contribution in [0.5, 0.6) is 0 Å². The summed E-state index contributed by atoms with van der Waals surface area (Å²) < 4.78 is 15.3. The van der Waals surface area contributed by atoms with E-state index in [-0.39, 0.29) is 19.0 Å². The maximum Gasteiger partial charge on any atom is 0.469 e. The number of phosphoric ester groups is 1. The molecule has 6 nitrogen and oxygen atoms in total. The van der Waals surface area contributed by atoms with Gasteiger partial charge in [-0.15, -0.1) is 0 Å². The molecular weight excluding hydrogens is 365 g/mol. The minimum Gasteiger partial charge on any atom is -0.337 e. The summed E-state index contributed by atoms with van der Waals surface area (Å²) in [6.45, 7) is 2.73. The van der Waals surface area contributed by atoms with Crippen molar-refractivity contribution in [2.24, 2.45) is 0 Å². The molecule has 1 heterocycles. The maximum absolute atomic E-state index is 12.0. The number of rotatable bonds is 12. The highest BCUT2D eigenvalue weighted by atomic mass is 31.2. The van der Waals surface area contributed by atoms with E-state index < -0.39 is 13.9 Å². The Balaban J connectivity index is 1.43. The molecule has 0 atom stereocenters. The van der Waals surface area contributed by atoms with E-state index >= 15 is 0 Å². The van der Waals surface area contributed by atoms with E-state index in [1.165, 1.54) is 30.4 Å². The van der Waals surface area contributed by atoms with Gasteiger partial charge in [0.25, 0.3) is 0 Å². The van der Waals surface area contributed by atoms with Gasteiger partial charge in [-0.1, -0.05) is 56.9 Å². The summed E-state index contributed by atoms with van der Waals surface area (Å²) in [6.07, 6.45) is 8.88.